The molecule has 10 heteroatoms. The summed E-state index contributed by atoms with van der Waals surface area (Å²) in [6.45, 7) is 1.67. The van der Waals surface area contributed by atoms with E-state index in [1.807, 2.05) is 0 Å². The zero-order chi connectivity index (χ0) is 20.9. The van der Waals surface area contributed by atoms with Gasteiger partial charge in [0.1, 0.15) is 0 Å². The van der Waals surface area contributed by atoms with Gasteiger partial charge in [-0.05, 0) is 65.1 Å². The Morgan fingerprint density at radius 2 is 2.10 bits per heavy atom. The van der Waals surface area contributed by atoms with E-state index in [4.69, 9.17) is 8.92 Å². The van der Waals surface area contributed by atoms with Crippen molar-refractivity contribution in [3.8, 4) is 11.5 Å². The van der Waals surface area contributed by atoms with E-state index in [1.54, 1.807) is 6.07 Å². The molecule has 5 aliphatic rings. The second kappa shape index (κ2) is 5.93. The average Bonchev–Trinajstić information content (AvgIpc) is 3.45. The maximum absolute atomic E-state index is 12.9. The summed E-state index contributed by atoms with van der Waals surface area (Å²) in [5.41, 5.74) is -0.569. The first-order valence-corrected chi connectivity index (χ1v) is 11.7. The molecule has 1 saturated heterocycles. The fourth-order valence-electron chi connectivity index (χ4n) is 6.44. The zero-order valence-electron chi connectivity index (χ0n) is 16.2. The predicted molar refractivity (Wildman–Crippen MR) is 99.9 cm³/mol. The predicted octanol–water partition coefficient (Wildman–Crippen LogP) is 1.34. The number of benzene rings is 1. The molecule has 3 aliphatic carbocycles. The van der Waals surface area contributed by atoms with Crippen molar-refractivity contribution in [2.75, 3.05) is 13.1 Å². The Labute approximate surface area is 173 Å². The Kier molecular flexibility index (Phi) is 3.75. The van der Waals surface area contributed by atoms with E-state index in [2.05, 4.69) is 9.29 Å². The molecule has 1 spiro atoms. The quantitative estimate of drug-likeness (QED) is 0.734. The molecule has 1 aromatic carbocycles. The summed E-state index contributed by atoms with van der Waals surface area (Å²) in [4.78, 5) is 15.3. The standard InChI is InChI=1S/C20H22FNO7S/c21-29-30(25,26)28-14-4-3-12-9-15-20(24)6-5-13(23)18-19(20,16(12)17(14)27-18)7-8-22(15)10-11-1-2-11/h3-4,11,15,18,24H,1-2,5-10H2/t15-,18+,19+,20-/m1/s1. The van der Waals surface area contributed by atoms with Crippen LogP contribution in [-0.2, 0) is 31.4 Å². The number of Topliss-reactive ketones (excluding diaryl/α,β-unsaturated/α-hetero) is 1. The highest BCUT2D eigenvalue weighted by Gasteiger charge is 2.73. The van der Waals surface area contributed by atoms with Gasteiger partial charge in [-0.1, -0.05) is 6.07 Å². The number of aliphatic hydroxyl groups is 1. The third-order valence-electron chi connectivity index (χ3n) is 7.81. The van der Waals surface area contributed by atoms with Crippen LogP contribution in [0.15, 0.2) is 12.1 Å². The van der Waals surface area contributed by atoms with Crippen LogP contribution >= 0.6 is 0 Å². The van der Waals surface area contributed by atoms with Gasteiger partial charge in [0.05, 0.1) is 11.0 Å². The van der Waals surface area contributed by atoms with Crippen LogP contribution in [0.1, 0.15) is 43.2 Å². The monoisotopic (exact) mass is 439 g/mol. The van der Waals surface area contributed by atoms with E-state index >= 15 is 0 Å². The van der Waals surface area contributed by atoms with E-state index in [1.165, 1.54) is 18.9 Å². The molecule has 2 bridgehead atoms. The molecule has 1 aromatic rings. The fourth-order valence-corrected chi connectivity index (χ4v) is 6.82. The molecule has 4 atom stereocenters. The number of halogens is 1. The lowest BCUT2D eigenvalue weighted by Gasteiger charge is -2.62. The Hall–Kier alpha value is -1.75. The number of hydrogen-bond acceptors (Lipinski definition) is 8. The highest BCUT2D eigenvalue weighted by atomic mass is 32.3. The maximum atomic E-state index is 12.9. The van der Waals surface area contributed by atoms with Crippen molar-refractivity contribution in [3.05, 3.63) is 23.3 Å². The first-order chi connectivity index (χ1) is 14.3. The number of carbonyl (C=O) groups excluding carboxylic acids is 1. The molecule has 0 amide bonds. The van der Waals surface area contributed by atoms with E-state index in [0.29, 0.717) is 30.7 Å². The van der Waals surface area contributed by atoms with Crippen molar-refractivity contribution in [1.82, 2.24) is 4.90 Å². The molecule has 0 radical (unpaired) electrons. The van der Waals surface area contributed by atoms with Gasteiger partial charge in [-0.15, -0.1) is 0 Å². The van der Waals surface area contributed by atoms with Crippen molar-refractivity contribution in [2.24, 2.45) is 5.92 Å². The van der Waals surface area contributed by atoms with Crippen LogP contribution in [0.2, 0.25) is 0 Å². The number of rotatable bonds is 5. The first-order valence-electron chi connectivity index (χ1n) is 10.4. The van der Waals surface area contributed by atoms with Crippen LogP contribution in [0.4, 0.5) is 4.53 Å². The van der Waals surface area contributed by atoms with Gasteiger partial charge in [0.15, 0.2) is 23.4 Å². The van der Waals surface area contributed by atoms with Crippen molar-refractivity contribution >= 4 is 16.2 Å². The fraction of sp³-hybridized carbons (Fsp3) is 0.650. The minimum absolute atomic E-state index is 0.0980. The van der Waals surface area contributed by atoms with Gasteiger partial charge in [-0.2, -0.15) is 8.42 Å². The summed E-state index contributed by atoms with van der Waals surface area (Å²) in [5.74, 6) is 0.417. The molecule has 2 heterocycles. The topological polar surface area (TPSA) is 102 Å². The van der Waals surface area contributed by atoms with Gasteiger partial charge in [0.25, 0.3) is 0 Å². The number of hydrogen-bond donors (Lipinski definition) is 1. The maximum Gasteiger partial charge on any atom is 0.480 e. The Morgan fingerprint density at radius 3 is 2.83 bits per heavy atom. The summed E-state index contributed by atoms with van der Waals surface area (Å²) in [5, 5.41) is 12.1. The van der Waals surface area contributed by atoms with Crippen molar-refractivity contribution < 1.29 is 36.2 Å². The SMILES string of the molecule is O=C1CC[C@@]2(O)[C@H]3Cc4ccc(OS(=O)(=O)OF)c5c4[C@@]2(CCN3CC2CC2)[C@H]1O5. The lowest BCUT2D eigenvalue weighted by atomic mass is 9.49. The molecule has 8 nitrogen and oxygen atoms in total. The number of nitrogens with zero attached hydrogens (tertiary/aromatic N) is 1. The molecule has 2 saturated carbocycles. The van der Waals surface area contributed by atoms with E-state index in [-0.39, 0.29) is 29.7 Å². The number of likely N-dealkylation sites (tertiary alicyclic amines) is 1. The van der Waals surface area contributed by atoms with Crippen LogP contribution < -0.4 is 8.92 Å². The highest BCUT2D eigenvalue weighted by molar-refractivity contribution is 7.82. The summed E-state index contributed by atoms with van der Waals surface area (Å²) >= 11 is 0. The summed E-state index contributed by atoms with van der Waals surface area (Å²) < 4.78 is 49.2. The van der Waals surface area contributed by atoms with Crippen LogP contribution in [0, 0.1) is 5.92 Å². The van der Waals surface area contributed by atoms with Crippen LogP contribution in [0.3, 0.4) is 0 Å². The number of piperidine rings is 1. The van der Waals surface area contributed by atoms with Gasteiger partial charge in [0, 0.05) is 24.6 Å². The van der Waals surface area contributed by atoms with Crippen LogP contribution in [0.25, 0.3) is 0 Å². The average molecular weight is 439 g/mol. The summed E-state index contributed by atoms with van der Waals surface area (Å²) in [7, 11) is -4.90. The van der Waals surface area contributed by atoms with E-state index in [9.17, 15) is 22.8 Å². The number of ether oxygens (including phenoxy) is 1. The molecule has 2 aliphatic heterocycles. The molecule has 0 unspecified atom stereocenters. The molecule has 3 fully saturated rings. The van der Waals surface area contributed by atoms with Crippen LogP contribution in [-0.4, -0.2) is 55.0 Å². The van der Waals surface area contributed by atoms with Gasteiger partial charge >= 0.3 is 10.4 Å². The second-order valence-electron chi connectivity index (χ2n) is 9.25. The molecule has 162 valence electrons. The Bertz CT molecular complexity index is 1060. The molecule has 30 heavy (non-hydrogen) atoms. The van der Waals surface area contributed by atoms with E-state index in [0.717, 1.165) is 18.7 Å². The summed E-state index contributed by atoms with van der Waals surface area (Å²) in [6.07, 6.45) is 3.15. The molecule has 0 aromatic heterocycles. The van der Waals surface area contributed by atoms with Crippen LogP contribution in [0.5, 0.6) is 11.5 Å². The largest absolute Gasteiger partial charge is 0.480 e. The summed E-state index contributed by atoms with van der Waals surface area (Å²) in [6, 6.07) is 2.99. The van der Waals surface area contributed by atoms with Gasteiger partial charge < -0.3 is 14.0 Å². The first kappa shape index (κ1) is 19.0. The van der Waals surface area contributed by atoms with Crippen molar-refractivity contribution in [3.63, 3.8) is 0 Å². The van der Waals surface area contributed by atoms with E-state index < -0.39 is 27.5 Å². The van der Waals surface area contributed by atoms with Gasteiger partial charge in [-0.25, -0.2) is 0 Å². The zero-order valence-corrected chi connectivity index (χ0v) is 17.0. The normalized spacial score (nSPS) is 36.9. The lowest BCUT2D eigenvalue weighted by molar-refractivity contribution is -0.188. The Morgan fingerprint density at radius 1 is 1.30 bits per heavy atom. The molecule has 6 rings (SSSR count). The lowest BCUT2D eigenvalue weighted by Crippen LogP contribution is -2.76. The third-order valence-corrected chi connectivity index (χ3v) is 8.35. The molecular formula is C20H22FNO7S. The minimum atomic E-state index is -4.90. The van der Waals surface area contributed by atoms with Gasteiger partial charge in [0.2, 0.25) is 0 Å². The second-order valence-corrected chi connectivity index (χ2v) is 10.4. The third kappa shape index (κ3) is 2.30. The van der Waals surface area contributed by atoms with Crippen molar-refractivity contribution in [2.45, 2.75) is 61.7 Å². The van der Waals surface area contributed by atoms with Gasteiger partial charge in [-0.3, -0.25) is 9.69 Å². The minimum Gasteiger partial charge on any atom is -0.477 e. The molecular weight excluding hydrogens is 417 g/mol. The number of ketones is 1. The molecule has 1 N–H and O–H groups in total. The smallest absolute Gasteiger partial charge is 0.477 e. The highest BCUT2D eigenvalue weighted by Crippen LogP contribution is 2.65. The Balaban J connectivity index is 1.52. The van der Waals surface area contributed by atoms with Crippen molar-refractivity contribution in [1.29, 1.82) is 0 Å². The number of carbonyl (C=O) groups is 1.